The van der Waals surface area contributed by atoms with Crippen molar-refractivity contribution in [3.63, 3.8) is 0 Å². The number of amides is 1. The zero-order chi connectivity index (χ0) is 14.8. The molecule has 0 aromatic heterocycles. The zero-order valence-electron chi connectivity index (χ0n) is 13.0. The number of hydrogen-bond donors (Lipinski definition) is 1. The van der Waals surface area contributed by atoms with Crippen LogP contribution in [0.2, 0.25) is 0 Å². The van der Waals surface area contributed by atoms with Gasteiger partial charge in [0.25, 0.3) is 5.91 Å². The van der Waals surface area contributed by atoms with E-state index in [4.69, 9.17) is 4.74 Å². The highest BCUT2D eigenvalue weighted by Crippen LogP contribution is 2.49. The molecule has 0 unspecified atom stereocenters. The molecule has 114 valence electrons. The molecule has 1 N–H and O–H groups in total. The number of carbonyl (C=O) groups excluding carboxylic acids is 1. The standard InChI is InChI=1S/C18H25NO2/c1-12-3-7-16(8-4-12)21-11-18(20)19-13(2)17-10-14-5-6-15(17)9-14/h3-4,7-8,13-15,17H,5-6,9-11H2,1-2H3,(H,19,20)/t13-,14+,15+,17-/m1/s1. The first-order valence-electron chi connectivity index (χ1n) is 8.10. The number of carbonyl (C=O) groups is 1. The molecule has 2 aliphatic rings. The van der Waals surface area contributed by atoms with Gasteiger partial charge in [-0.3, -0.25) is 4.79 Å². The molecule has 3 rings (SSSR count). The van der Waals surface area contributed by atoms with Gasteiger partial charge in [0.2, 0.25) is 0 Å². The van der Waals surface area contributed by atoms with E-state index >= 15 is 0 Å². The van der Waals surface area contributed by atoms with Gasteiger partial charge in [0, 0.05) is 6.04 Å². The van der Waals surface area contributed by atoms with E-state index in [0.717, 1.165) is 17.6 Å². The molecule has 1 aromatic carbocycles. The Hall–Kier alpha value is -1.51. The second-order valence-electron chi connectivity index (χ2n) is 6.80. The lowest BCUT2D eigenvalue weighted by Crippen LogP contribution is -2.42. The molecule has 4 atom stereocenters. The number of rotatable bonds is 5. The summed E-state index contributed by atoms with van der Waals surface area (Å²) in [6, 6.07) is 8.06. The Balaban J connectivity index is 1.44. The van der Waals surface area contributed by atoms with E-state index in [-0.39, 0.29) is 18.6 Å². The summed E-state index contributed by atoms with van der Waals surface area (Å²) in [7, 11) is 0. The third kappa shape index (κ3) is 3.39. The minimum atomic E-state index is -0.00847. The van der Waals surface area contributed by atoms with Gasteiger partial charge in [-0.25, -0.2) is 0 Å². The van der Waals surface area contributed by atoms with Crippen LogP contribution in [0.5, 0.6) is 5.75 Å². The summed E-state index contributed by atoms with van der Waals surface area (Å²) in [5, 5.41) is 3.12. The maximum Gasteiger partial charge on any atom is 0.258 e. The molecule has 0 saturated heterocycles. The summed E-state index contributed by atoms with van der Waals surface area (Å²) in [4.78, 5) is 12.0. The van der Waals surface area contributed by atoms with Crippen molar-refractivity contribution in [2.75, 3.05) is 6.61 Å². The molecule has 0 radical (unpaired) electrons. The Labute approximate surface area is 127 Å². The quantitative estimate of drug-likeness (QED) is 0.902. The van der Waals surface area contributed by atoms with Crippen LogP contribution in [0.15, 0.2) is 24.3 Å². The van der Waals surface area contributed by atoms with Gasteiger partial charge >= 0.3 is 0 Å². The summed E-state index contributed by atoms with van der Waals surface area (Å²) in [6.45, 7) is 4.29. The maximum absolute atomic E-state index is 12.0. The highest BCUT2D eigenvalue weighted by atomic mass is 16.5. The third-order valence-corrected chi connectivity index (χ3v) is 5.21. The lowest BCUT2D eigenvalue weighted by Gasteiger charge is -2.28. The fraction of sp³-hybridized carbons (Fsp3) is 0.611. The van der Waals surface area contributed by atoms with E-state index in [9.17, 15) is 4.79 Å². The van der Waals surface area contributed by atoms with Crippen molar-refractivity contribution in [2.45, 2.75) is 45.6 Å². The third-order valence-electron chi connectivity index (χ3n) is 5.21. The molecule has 2 aliphatic carbocycles. The Morgan fingerprint density at radius 3 is 2.67 bits per heavy atom. The molecule has 1 amide bonds. The summed E-state index contributed by atoms with van der Waals surface area (Å²) in [5.41, 5.74) is 1.19. The first kappa shape index (κ1) is 14.4. The van der Waals surface area contributed by atoms with E-state index in [1.54, 1.807) is 0 Å². The largest absolute Gasteiger partial charge is 0.484 e. The van der Waals surface area contributed by atoms with Crippen LogP contribution in [-0.4, -0.2) is 18.6 Å². The number of aryl methyl sites for hydroxylation is 1. The van der Waals surface area contributed by atoms with Gasteiger partial charge in [0.05, 0.1) is 0 Å². The molecule has 2 bridgehead atoms. The van der Waals surface area contributed by atoms with Crippen molar-refractivity contribution in [3.8, 4) is 5.75 Å². The zero-order valence-corrected chi connectivity index (χ0v) is 13.0. The van der Waals surface area contributed by atoms with Crippen LogP contribution in [0.3, 0.4) is 0 Å². The molecule has 2 saturated carbocycles. The van der Waals surface area contributed by atoms with E-state index in [2.05, 4.69) is 12.2 Å². The SMILES string of the molecule is Cc1ccc(OCC(=O)N[C@H](C)[C@H]2C[C@H]3CC[C@H]2C3)cc1. The average Bonchev–Trinajstić information content (AvgIpc) is 3.09. The first-order valence-corrected chi connectivity index (χ1v) is 8.10. The minimum Gasteiger partial charge on any atom is -0.484 e. The fourth-order valence-electron chi connectivity index (χ4n) is 4.09. The highest BCUT2D eigenvalue weighted by molar-refractivity contribution is 5.77. The average molecular weight is 287 g/mol. The number of ether oxygens (including phenoxy) is 1. The highest BCUT2D eigenvalue weighted by Gasteiger charge is 2.42. The molecule has 3 nitrogen and oxygen atoms in total. The smallest absolute Gasteiger partial charge is 0.258 e. The molecular weight excluding hydrogens is 262 g/mol. The normalized spacial score (nSPS) is 28.4. The van der Waals surface area contributed by atoms with Crippen LogP contribution in [0, 0.1) is 24.7 Å². The predicted octanol–water partition coefficient (Wildman–Crippen LogP) is 3.31. The fourth-order valence-corrected chi connectivity index (χ4v) is 4.09. The monoisotopic (exact) mass is 287 g/mol. The van der Waals surface area contributed by atoms with Crippen molar-refractivity contribution in [3.05, 3.63) is 29.8 Å². The summed E-state index contributed by atoms with van der Waals surface area (Å²) < 4.78 is 5.54. The van der Waals surface area contributed by atoms with Crippen molar-refractivity contribution in [1.29, 1.82) is 0 Å². The Morgan fingerprint density at radius 1 is 1.29 bits per heavy atom. The lowest BCUT2D eigenvalue weighted by atomic mass is 9.84. The second kappa shape index (κ2) is 6.08. The van der Waals surface area contributed by atoms with Crippen LogP contribution in [0.25, 0.3) is 0 Å². The van der Waals surface area contributed by atoms with Gasteiger partial charge in [-0.2, -0.15) is 0 Å². The van der Waals surface area contributed by atoms with Crippen LogP contribution >= 0.6 is 0 Å². The first-order chi connectivity index (χ1) is 10.1. The number of hydrogen-bond acceptors (Lipinski definition) is 2. The molecule has 2 fully saturated rings. The van der Waals surface area contributed by atoms with Crippen LogP contribution in [-0.2, 0) is 4.79 Å². The lowest BCUT2D eigenvalue weighted by molar-refractivity contribution is -0.124. The number of nitrogens with one attached hydrogen (secondary N) is 1. The van der Waals surface area contributed by atoms with Gasteiger partial charge in [0.1, 0.15) is 5.75 Å². The molecular formula is C18H25NO2. The number of benzene rings is 1. The molecule has 3 heteroatoms. The van der Waals surface area contributed by atoms with Crippen LogP contribution in [0.4, 0.5) is 0 Å². The van der Waals surface area contributed by atoms with Crippen molar-refractivity contribution >= 4 is 5.91 Å². The van der Waals surface area contributed by atoms with E-state index in [1.165, 1.54) is 31.2 Å². The Bertz CT molecular complexity index is 496. The van der Waals surface area contributed by atoms with Crippen LogP contribution in [0.1, 0.15) is 38.2 Å². The van der Waals surface area contributed by atoms with Gasteiger partial charge in [0.15, 0.2) is 6.61 Å². The van der Waals surface area contributed by atoms with Gasteiger partial charge in [-0.05, 0) is 63.0 Å². The van der Waals surface area contributed by atoms with Crippen LogP contribution < -0.4 is 10.1 Å². The van der Waals surface area contributed by atoms with Crippen molar-refractivity contribution < 1.29 is 9.53 Å². The van der Waals surface area contributed by atoms with E-state index < -0.39 is 0 Å². The van der Waals surface area contributed by atoms with Gasteiger partial charge < -0.3 is 10.1 Å². The summed E-state index contributed by atoms with van der Waals surface area (Å²) in [5.74, 6) is 3.17. The molecule has 1 aromatic rings. The Kier molecular flexibility index (Phi) is 4.18. The predicted molar refractivity (Wildman–Crippen MR) is 83.2 cm³/mol. The van der Waals surface area contributed by atoms with Crippen molar-refractivity contribution in [1.82, 2.24) is 5.32 Å². The van der Waals surface area contributed by atoms with Gasteiger partial charge in [-0.1, -0.05) is 24.1 Å². The van der Waals surface area contributed by atoms with Gasteiger partial charge in [-0.15, -0.1) is 0 Å². The van der Waals surface area contributed by atoms with E-state index in [1.807, 2.05) is 31.2 Å². The molecule has 21 heavy (non-hydrogen) atoms. The Morgan fingerprint density at radius 2 is 2.05 bits per heavy atom. The topological polar surface area (TPSA) is 38.3 Å². The molecule has 0 aliphatic heterocycles. The summed E-state index contributed by atoms with van der Waals surface area (Å²) in [6.07, 6.45) is 5.43. The summed E-state index contributed by atoms with van der Waals surface area (Å²) >= 11 is 0. The minimum absolute atomic E-state index is 0.00847. The number of fused-ring (bicyclic) bond motifs is 2. The van der Waals surface area contributed by atoms with Crippen molar-refractivity contribution in [2.24, 2.45) is 17.8 Å². The molecule has 0 heterocycles. The second-order valence-corrected chi connectivity index (χ2v) is 6.80. The van der Waals surface area contributed by atoms with E-state index in [0.29, 0.717) is 5.92 Å². The maximum atomic E-state index is 12.0. The molecule has 0 spiro atoms.